The van der Waals surface area contributed by atoms with Gasteiger partial charge in [0.1, 0.15) is 12.6 Å². The molecule has 0 spiro atoms. The maximum atomic E-state index is 14.6. The summed E-state index contributed by atoms with van der Waals surface area (Å²) in [5, 5.41) is 0. The molecule has 33 heavy (non-hydrogen) atoms. The van der Waals surface area contributed by atoms with E-state index >= 15 is 0 Å². The van der Waals surface area contributed by atoms with E-state index in [4.69, 9.17) is 11.3 Å². The van der Waals surface area contributed by atoms with Crippen LogP contribution >= 0.6 is 0 Å². The summed E-state index contributed by atoms with van der Waals surface area (Å²) in [6.45, 7) is 6.70. The summed E-state index contributed by atoms with van der Waals surface area (Å²) in [6, 6.07) is 11.2. The Morgan fingerprint density at radius 3 is 2.61 bits per heavy atom. The molecule has 0 radical (unpaired) electrons. The standard InChI is InChI=1S/C24H22F3N3O3/c1-28-21-8-5-11-29(21)23(32)19-13-24(26,27)15-30(19)22(31)17-9-10-20(18(25)12-17)33-14-16-6-3-2-4-7-16/h2-4,6-7,9-10,12,19,21H,5,8,11,13-15H2/t19-,21-/m0/s1. The van der Waals surface area contributed by atoms with Gasteiger partial charge in [-0.1, -0.05) is 30.3 Å². The molecule has 0 aromatic heterocycles. The van der Waals surface area contributed by atoms with Crippen molar-refractivity contribution in [2.75, 3.05) is 13.1 Å². The molecule has 172 valence electrons. The topological polar surface area (TPSA) is 54.2 Å². The number of rotatable bonds is 5. The number of alkyl halides is 2. The largest absolute Gasteiger partial charge is 0.486 e. The molecule has 9 heteroatoms. The van der Waals surface area contributed by atoms with Gasteiger partial charge in [-0.05, 0) is 30.2 Å². The molecule has 0 unspecified atom stereocenters. The highest BCUT2D eigenvalue weighted by atomic mass is 19.3. The lowest BCUT2D eigenvalue weighted by atomic mass is 10.1. The van der Waals surface area contributed by atoms with Gasteiger partial charge in [-0.15, -0.1) is 0 Å². The van der Waals surface area contributed by atoms with E-state index in [2.05, 4.69) is 4.85 Å². The molecule has 0 bridgehead atoms. The molecule has 0 aliphatic carbocycles. The molecule has 2 amide bonds. The summed E-state index contributed by atoms with van der Waals surface area (Å²) in [5.41, 5.74) is 0.676. The molecular weight excluding hydrogens is 435 g/mol. The molecule has 2 aromatic carbocycles. The second-order valence-corrected chi connectivity index (χ2v) is 8.21. The van der Waals surface area contributed by atoms with Crippen LogP contribution in [0.15, 0.2) is 48.5 Å². The third-order valence-electron chi connectivity index (χ3n) is 5.89. The van der Waals surface area contributed by atoms with Crippen molar-refractivity contribution >= 4 is 11.8 Å². The molecule has 4 rings (SSSR count). The number of hydrogen-bond donors (Lipinski definition) is 0. The van der Waals surface area contributed by atoms with Crippen molar-refractivity contribution < 1.29 is 27.5 Å². The van der Waals surface area contributed by atoms with E-state index in [1.807, 2.05) is 30.3 Å². The minimum atomic E-state index is -3.25. The zero-order valence-corrected chi connectivity index (χ0v) is 17.7. The Bertz CT molecular complexity index is 1090. The van der Waals surface area contributed by atoms with Crippen LogP contribution in [0, 0.1) is 12.4 Å². The van der Waals surface area contributed by atoms with Crippen LogP contribution in [0.2, 0.25) is 0 Å². The van der Waals surface area contributed by atoms with Gasteiger partial charge in [0.15, 0.2) is 11.6 Å². The summed E-state index contributed by atoms with van der Waals surface area (Å²) in [6.07, 6.45) is -0.449. The first-order chi connectivity index (χ1) is 15.8. The van der Waals surface area contributed by atoms with Gasteiger partial charge in [0, 0.05) is 24.9 Å². The fourth-order valence-corrected chi connectivity index (χ4v) is 4.23. The van der Waals surface area contributed by atoms with Gasteiger partial charge in [-0.25, -0.2) is 19.7 Å². The second-order valence-electron chi connectivity index (χ2n) is 8.21. The zero-order valence-electron chi connectivity index (χ0n) is 17.7. The van der Waals surface area contributed by atoms with Crippen LogP contribution in [0.5, 0.6) is 5.75 Å². The summed E-state index contributed by atoms with van der Waals surface area (Å²) in [7, 11) is 0. The fraction of sp³-hybridized carbons (Fsp3) is 0.375. The molecule has 2 fully saturated rings. The van der Waals surface area contributed by atoms with Crippen LogP contribution in [0.1, 0.15) is 35.2 Å². The third kappa shape index (κ3) is 4.80. The lowest BCUT2D eigenvalue weighted by Crippen LogP contribution is -2.48. The summed E-state index contributed by atoms with van der Waals surface area (Å²) < 4.78 is 48.5. The molecule has 2 heterocycles. The number of likely N-dealkylation sites (tertiary alicyclic amines) is 2. The lowest BCUT2D eigenvalue weighted by Gasteiger charge is -2.27. The van der Waals surface area contributed by atoms with Crippen LogP contribution in [0.25, 0.3) is 4.85 Å². The number of carbonyl (C=O) groups is 2. The molecule has 2 saturated heterocycles. The Morgan fingerprint density at radius 1 is 1.15 bits per heavy atom. The Kier molecular flexibility index (Phi) is 6.27. The predicted molar refractivity (Wildman–Crippen MR) is 113 cm³/mol. The van der Waals surface area contributed by atoms with E-state index in [1.54, 1.807) is 0 Å². The molecule has 6 nitrogen and oxygen atoms in total. The van der Waals surface area contributed by atoms with E-state index in [0.717, 1.165) is 16.5 Å². The van der Waals surface area contributed by atoms with Crippen molar-refractivity contribution in [3.63, 3.8) is 0 Å². The third-order valence-corrected chi connectivity index (χ3v) is 5.89. The second kappa shape index (κ2) is 9.14. The highest BCUT2D eigenvalue weighted by Gasteiger charge is 2.52. The van der Waals surface area contributed by atoms with Gasteiger partial charge in [0.2, 0.25) is 0 Å². The Morgan fingerprint density at radius 2 is 1.91 bits per heavy atom. The number of hydrogen-bond acceptors (Lipinski definition) is 3. The highest BCUT2D eigenvalue weighted by molar-refractivity contribution is 5.98. The highest BCUT2D eigenvalue weighted by Crippen LogP contribution is 2.35. The summed E-state index contributed by atoms with van der Waals surface area (Å²) in [5.74, 6) is -5.66. The van der Waals surface area contributed by atoms with Gasteiger partial charge < -0.3 is 9.64 Å². The summed E-state index contributed by atoms with van der Waals surface area (Å²) in [4.78, 5) is 31.4. The van der Waals surface area contributed by atoms with Gasteiger partial charge in [0.25, 0.3) is 17.7 Å². The number of carbonyl (C=O) groups excluding carboxylic acids is 2. The average molecular weight is 457 g/mol. The number of ether oxygens (including phenoxy) is 1. The van der Waals surface area contributed by atoms with Crippen molar-refractivity contribution in [3.8, 4) is 5.75 Å². The molecule has 0 N–H and O–H groups in total. The van der Waals surface area contributed by atoms with Crippen molar-refractivity contribution in [1.29, 1.82) is 0 Å². The number of amides is 2. The number of benzene rings is 2. The van der Waals surface area contributed by atoms with Gasteiger partial charge in [0.05, 0.1) is 6.54 Å². The van der Waals surface area contributed by atoms with Crippen molar-refractivity contribution in [1.82, 2.24) is 9.80 Å². The smallest absolute Gasteiger partial charge is 0.300 e. The molecule has 0 saturated carbocycles. The van der Waals surface area contributed by atoms with Crippen molar-refractivity contribution in [2.45, 2.75) is 44.0 Å². The summed E-state index contributed by atoms with van der Waals surface area (Å²) >= 11 is 0. The SMILES string of the molecule is [C-]#[N+][C@@H]1CCCN1C(=O)[C@@H]1CC(F)(F)CN1C(=O)c1ccc(OCc2ccccc2)c(F)c1. The predicted octanol–water partition coefficient (Wildman–Crippen LogP) is 4.12. The monoisotopic (exact) mass is 457 g/mol. The molecule has 2 aromatic rings. The minimum Gasteiger partial charge on any atom is -0.486 e. The zero-order chi connectivity index (χ0) is 23.6. The quantitative estimate of drug-likeness (QED) is 0.635. The maximum absolute atomic E-state index is 14.6. The van der Waals surface area contributed by atoms with Crippen molar-refractivity contribution in [3.05, 3.63) is 76.9 Å². The van der Waals surface area contributed by atoms with E-state index in [9.17, 15) is 22.8 Å². The normalized spacial score (nSPS) is 21.6. The lowest BCUT2D eigenvalue weighted by molar-refractivity contribution is -0.135. The van der Waals surface area contributed by atoms with Crippen LogP contribution < -0.4 is 4.74 Å². The van der Waals surface area contributed by atoms with E-state index in [1.165, 1.54) is 17.0 Å². The van der Waals surface area contributed by atoms with Crippen LogP contribution in [0.4, 0.5) is 13.2 Å². The fourth-order valence-electron chi connectivity index (χ4n) is 4.23. The first kappa shape index (κ1) is 22.6. The first-order valence-electron chi connectivity index (χ1n) is 10.6. The maximum Gasteiger partial charge on any atom is 0.300 e. The molecule has 2 aliphatic heterocycles. The molecule has 2 aliphatic rings. The number of nitrogens with zero attached hydrogens (tertiary/aromatic N) is 3. The molecular formula is C24H22F3N3O3. The van der Waals surface area contributed by atoms with Crippen LogP contribution in [-0.4, -0.2) is 52.8 Å². The Balaban J connectivity index is 1.51. The van der Waals surface area contributed by atoms with Gasteiger partial charge >= 0.3 is 6.17 Å². The van der Waals surface area contributed by atoms with E-state index in [-0.39, 0.29) is 24.5 Å². The van der Waals surface area contributed by atoms with Crippen LogP contribution in [0.3, 0.4) is 0 Å². The van der Waals surface area contributed by atoms with Crippen molar-refractivity contribution in [2.24, 2.45) is 0 Å². The number of halogens is 3. The van der Waals surface area contributed by atoms with Gasteiger partial charge in [-0.3, -0.25) is 19.3 Å². The Labute approximate surface area is 189 Å². The first-order valence-corrected chi connectivity index (χ1v) is 10.6. The van der Waals surface area contributed by atoms with Crippen LogP contribution in [-0.2, 0) is 11.4 Å². The van der Waals surface area contributed by atoms with E-state index in [0.29, 0.717) is 12.8 Å². The van der Waals surface area contributed by atoms with E-state index < -0.39 is 48.7 Å². The minimum absolute atomic E-state index is 0.0771. The van der Waals surface area contributed by atoms with Gasteiger partial charge in [-0.2, -0.15) is 0 Å². The molecule has 2 atom stereocenters. The average Bonchev–Trinajstić information content (AvgIpc) is 3.41. The Hall–Kier alpha value is -3.54.